The molecule has 0 unspecified atom stereocenters. The van der Waals surface area contributed by atoms with Crippen molar-refractivity contribution >= 4 is 33.7 Å². The molecule has 1 aromatic rings. The number of halogens is 1. The Labute approximate surface area is 158 Å². The average Bonchev–Trinajstić information content (AvgIpc) is 2.57. The van der Waals surface area contributed by atoms with E-state index in [2.05, 4.69) is 58.6 Å². The minimum atomic E-state index is 0.153. The van der Waals surface area contributed by atoms with E-state index in [1.54, 1.807) is 14.2 Å². The second-order valence-electron chi connectivity index (χ2n) is 5.81. The zero-order valence-electron chi connectivity index (χ0n) is 15.3. The standard InChI is InChI=1S/C17H28BrN3O2S/c1-7-19-16(21-11-17(2,3)24-6)20-10-12-8-14(22-4)15(23-5)9-13(12)18/h8-9H,7,10-11H2,1-6H3,(H2,19,20,21). The maximum Gasteiger partial charge on any atom is 0.191 e. The summed E-state index contributed by atoms with van der Waals surface area (Å²) in [5.74, 6) is 2.21. The lowest BCUT2D eigenvalue weighted by Gasteiger charge is -2.23. The molecule has 5 nitrogen and oxygen atoms in total. The Bertz CT molecular complexity index is 565. The largest absolute Gasteiger partial charge is 0.493 e. The molecule has 2 N–H and O–H groups in total. The Balaban J connectivity index is 2.89. The van der Waals surface area contributed by atoms with E-state index in [9.17, 15) is 0 Å². The summed E-state index contributed by atoms with van der Waals surface area (Å²) < 4.78 is 11.8. The van der Waals surface area contributed by atoms with Crippen LogP contribution in [0.1, 0.15) is 26.3 Å². The minimum absolute atomic E-state index is 0.153. The van der Waals surface area contributed by atoms with E-state index in [1.807, 2.05) is 23.9 Å². The second-order valence-corrected chi connectivity index (χ2v) is 8.18. The van der Waals surface area contributed by atoms with Gasteiger partial charge in [0.2, 0.25) is 0 Å². The predicted molar refractivity (Wildman–Crippen MR) is 108 cm³/mol. The van der Waals surface area contributed by atoms with Crippen LogP contribution in [-0.2, 0) is 6.54 Å². The quantitative estimate of drug-likeness (QED) is 0.499. The van der Waals surface area contributed by atoms with E-state index in [4.69, 9.17) is 9.47 Å². The van der Waals surface area contributed by atoms with Gasteiger partial charge in [-0.2, -0.15) is 11.8 Å². The lowest BCUT2D eigenvalue weighted by molar-refractivity contribution is 0.354. The van der Waals surface area contributed by atoms with Crippen molar-refractivity contribution < 1.29 is 9.47 Å². The van der Waals surface area contributed by atoms with Gasteiger partial charge in [0.05, 0.1) is 20.8 Å². The first-order chi connectivity index (χ1) is 11.4. The fourth-order valence-corrected chi connectivity index (χ4v) is 2.56. The Morgan fingerprint density at radius 1 is 1.21 bits per heavy atom. The van der Waals surface area contributed by atoms with Gasteiger partial charge >= 0.3 is 0 Å². The highest BCUT2D eigenvalue weighted by Gasteiger charge is 2.16. The number of nitrogens with zero attached hydrogens (tertiary/aromatic N) is 1. The number of benzene rings is 1. The smallest absolute Gasteiger partial charge is 0.191 e. The Hall–Kier alpha value is -1.08. The fourth-order valence-electron chi connectivity index (χ4n) is 1.89. The van der Waals surface area contributed by atoms with Gasteiger partial charge in [0.25, 0.3) is 0 Å². The lowest BCUT2D eigenvalue weighted by atomic mass is 10.2. The molecule has 0 bridgehead atoms. The molecule has 0 spiro atoms. The van der Waals surface area contributed by atoms with Crippen molar-refractivity contribution in [1.29, 1.82) is 0 Å². The summed E-state index contributed by atoms with van der Waals surface area (Å²) in [5.41, 5.74) is 1.04. The van der Waals surface area contributed by atoms with Crippen molar-refractivity contribution in [3.8, 4) is 11.5 Å². The summed E-state index contributed by atoms with van der Waals surface area (Å²) >= 11 is 5.40. The van der Waals surface area contributed by atoms with Crippen molar-refractivity contribution in [1.82, 2.24) is 10.6 Å². The van der Waals surface area contributed by atoms with Gasteiger partial charge in [-0.05, 0) is 44.7 Å². The Kier molecular flexibility index (Phi) is 8.76. The van der Waals surface area contributed by atoms with Crippen LogP contribution in [0.25, 0.3) is 0 Å². The molecule has 7 heteroatoms. The molecule has 0 heterocycles. The highest BCUT2D eigenvalue weighted by atomic mass is 79.9. The maximum absolute atomic E-state index is 5.36. The molecular weight excluding hydrogens is 390 g/mol. The fraction of sp³-hybridized carbons (Fsp3) is 0.588. The molecule has 0 aliphatic rings. The van der Waals surface area contributed by atoms with Gasteiger partial charge in [-0.25, -0.2) is 4.99 Å². The van der Waals surface area contributed by atoms with Crippen LogP contribution in [0.4, 0.5) is 0 Å². The normalized spacial score (nSPS) is 12.0. The molecule has 0 amide bonds. The van der Waals surface area contributed by atoms with Crippen molar-refractivity contribution in [2.24, 2.45) is 4.99 Å². The molecule has 1 rings (SSSR count). The van der Waals surface area contributed by atoms with E-state index in [1.165, 1.54) is 0 Å². The summed E-state index contributed by atoms with van der Waals surface area (Å²) in [6.07, 6.45) is 2.12. The number of nitrogens with one attached hydrogen (secondary N) is 2. The zero-order valence-corrected chi connectivity index (χ0v) is 17.7. The van der Waals surface area contributed by atoms with E-state index in [0.717, 1.165) is 29.1 Å². The first-order valence-electron chi connectivity index (χ1n) is 7.84. The molecule has 0 fully saturated rings. The zero-order chi connectivity index (χ0) is 18.2. The molecule has 0 aliphatic heterocycles. The second kappa shape index (κ2) is 10.0. The van der Waals surface area contributed by atoms with E-state index in [-0.39, 0.29) is 4.75 Å². The molecule has 136 valence electrons. The van der Waals surface area contributed by atoms with Crippen molar-refractivity contribution in [3.05, 3.63) is 22.2 Å². The third kappa shape index (κ3) is 6.43. The predicted octanol–water partition coefficient (Wildman–Crippen LogP) is 3.66. The van der Waals surface area contributed by atoms with Gasteiger partial charge in [0.15, 0.2) is 17.5 Å². The number of rotatable bonds is 8. The monoisotopic (exact) mass is 417 g/mol. The van der Waals surface area contributed by atoms with Gasteiger partial charge in [-0.1, -0.05) is 15.9 Å². The highest BCUT2D eigenvalue weighted by Crippen LogP contribution is 2.33. The maximum atomic E-state index is 5.36. The van der Waals surface area contributed by atoms with Crippen LogP contribution in [0.5, 0.6) is 11.5 Å². The van der Waals surface area contributed by atoms with Gasteiger partial charge in [-0.3, -0.25) is 0 Å². The van der Waals surface area contributed by atoms with Crippen molar-refractivity contribution in [2.45, 2.75) is 32.1 Å². The molecule has 0 radical (unpaired) electrons. The average molecular weight is 418 g/mol. The lowest BCUT2D eigenvalue weighted by Crippen LogP contribution is -2.43. The topological polar surface area (TPSA) is 54.9 Å². The summed E-state index contributed by atoms with van der Waals surface area (Å²) in [7, 11) is 3.26. The van der Waals surface area contributed by atoms with Gasteiger partial charge in [0.1, 0.15) is 0 Å². The van der Waals surface area contributed by atoms with Crippen LogP contribution in [0, 0.1) is 0 Å². The number of thioether (sulfide) groups is 1. The first kappa shape index (κ1) is 21.0. The summed E-state index contributed by atoms with van der Waals surface area (Å²) in [6, 6.07) is 3.85. The molecule has 0 aliphatic carbocycles. The number of guanidine groups is 1. The van der Waals surface area contributed by atoms with Crippen molar-refractivity contribution in [3.63, 3.8) is 0 Å². The van der Waals surface area contributed by atoms with E-state index < -0.39 is 0 Å². The summed E-state index contributed by atoms with van der Waals surface area (Å²) in [5, 5.41) is 6.68. The number of aliphatic imine (C=N–C) groups is 1. The molecule has 0 saturated heterocycles. The molecule has 0 atom stereocenters. The molecule has 24 heavy (non-hydrogen) atoms. The van der Waals surface area contributed by atoms with Crippen LogP contribution >= 0.6 is 27.7 Å². The van der Waals surface area contributed by atoms with Gasteiger partial charge in [-0.15, -0.1) is 0 Å². The molecule has 0 aromatic heterocycles. The van der Waals surface area contributed by atoms with E-state index in [0.29, 0.717) is 18.0 Å². The Morgan fingerprint density at radius 3 is 2.38 bits per heavy atom. The van der Waals surface area contributed by atoms with Crippen LogP contribution < -0.4 is 20.1 Å². The first-order valence-corrected chi connectivity index (χ1v) is 9.86. The molecular formula is C17H28BrN3O2S. The number of methoxy groups -OCH3 is 2. The Morgan fingerprint density at radius 2 is 1.83 bits per heavy atom. The molecule has 0 saturated carbocycles. The third-order valence-electron chi connectivity index (χ3n) is 3.54. The SMILES string of the molecule is CCNC(=NCc1cc(OC)c(OC)cc1Br)NCC(C)(C)SC. The number of ether oxygens (including phenoxy) is 2. The van der Waals surface area contributed by atoms with Crippen LogP contribution in [-0.4, -0.2) is 44.3 Å². The molecule has 1 aromatic carbocycles. The minimum Gasteiger partial charge on any atom is -0.493 e. The highest BCUT2D eigenvalue weighted by molar-refractivity contribution is 9.10. The third-order valence-corrected chi connectivity index (χ3v) is 5.53. The van der Waals surface area contributed by atoms with Crippen molar-refractivity contribution in [2.75, 3.05) is 33.6 Å². The van der Waals surface area contributed by atoms with E-state index >= 15 is 0 Å². The van der Waals surface area contributed by atoms with Crippen LogP contribution in [0.3, 0.4) is 0 Å². The van der Waals surface area contributed by atoms with Crippen LogP contribution in [0.2, 0.25) is 0 Å². The summed E-state index contributed by atoms with van der Waals surface area (Å²) in [6.45, 7) is 8.67. The van der Waals surface area contributed by atoms with Gasteiger partial charge < -0.3 is 20.1 Å². The number of hydrogen-bond donors (Lipinski definition) is 2. The van der Waals surface area contributed by atoms with Gasteiger partial charge in [0, 0.05) is 22.3 Å². The number of hydrogen-bond acceptors (Lipinski definition) is 4. The van der Waals surface area contributed by atoms with Crippen LogP contribution in [0.15, 0.2) is 21.6 Å². The summed E-state index contributed by atoms with van der Waals surface area (Å²) in [4.78, 5) is 4.67.